The van der Waals surface area contributed by atoms with Crippen molar-refractivity contribution >= 4 is 23.8 Å². The monoisotopic (exact) mass is 352 g/mol. The molecule has 8 nitrogen and oxygen atoms in total. The van der Waals surface area contributed by atoms with Gasteiger partial charge in [-0.3, -0.25) is 30.0 Å². The Morgan fingerprint density at radius 3 is 2.40 bits per heavy atom. The van der Waals surface area contributed by atoms with Crippen LogP contribution in [0.3, 0.4) is 0 Å². The maximum atomic E-state index is 12.4. The standard InChI is InChI=1S/C17H28N4O4/c1-4-6-8-9-10-13(22)20-19-12(3)14-15(23)18-17(25)21(16(14)24)11-7-5-2/h14,19H,3-11H2,1-2H3,(H,20,22)(H,18,23,25)/t14-/m0/s1. The van der Waals surface area contributed by atoms with E-state index in [0.717, 1.165) is 37.0 Å². The maximum absolute atomic E-state index is 12.4. The van der Waals surface area contributed by atoms with Crippen molar-refractivity contribution in [3.8, 4) is 0 Å². The lowest BCUT2D eigenvalue weighted by molar-refractivity contribution is -0.141. The Labute approximate surface area is 148 Å². The van der Waals surface area contributed by atoms with E-state index in [0.29, 0.717) is 12.8 Å². The Morgan fingerprint density at radius 2 is 1.76 bits per heavy atom. The Bertz CT molecular complexity index is 533. The molecule has 1 aliphatic rings. The Balaban J connectivity index is 2.54. The van der Waals surface area contributed by atoms with Gasteiger partial charge < -0.3 is 5.43 Å². The van der Waals surface area contributed by atoms with Crippen molar-refractivity contribution in [1.82, 2.24) is 21.1 Å². The molecule has 1 fully saturated rings. The first-order valence-electron chi connectivity index (χ1n) is 8.82. The summed E-state index contributed by atoms with van der Waals surface area (Å²) in [7, 11) is 0. The lowest BCUT2D eigenvalue weighted by atomic mass is 10.0. The smallest absolute Gasteiger partial charge is 0.302 e. The van der Waals surface area contributed by atoms with Crippen molar-refractivity contribution in [2.24, 2.45) is 5.92 Å². The van der Waals surface area contributed by atoms with Crippen LogP contribution in [-0.2, 0) is 14.4 Å². The molecule has 0 aromatic rings. The molecule has 3 N–H and O–H groups in total. The van der Waals surface area contributed by atoms with Crippen LogP contribution < -0.4 is 16.2 Å². The lowest BCUT2D eigenvalue weighted by Crippen LogP contribution is -2.60. The molecule has 25 heavy (non-hydrogen) atoms. The molecular formula is C17H28N4O4. The van der Waals surface area contributed by atoms with Crippen LogP contribution >= 0.6 is 0 Å². The number of nitrogens with one attached hydrogen (secondary N) is 3. The third-order valence-electron chi connectivity index (χ3n) is 3.95. The second-order valence-electron chi connectivity index (χ2n) is 6.08. The van der Waals surface area contributed by atoms with Gasteiger partial charge in [0.15, 0.2) is 5.92 Å². The zero-order valence-electron chi connectivity index (χ0n) is 15.0. The molecule has 1 heterocycles. The molecule has 0 aromatic carbocycles. The average Bonchev–Trinajstić information content (AvgIpc) is 2.56. The average molecular weight is 352 g/mol. The van der Waals surface area contributed by atoms with Crippen molar-refractivity contribution in [3.05, 3.63) is 12.3 Å². The molecule has 1 aliphatic heterocycles. The van der Waals surface area contributed by atoms with E-state index >= 15 is 0 Å². The fraction of sp³-hybridized carbons (Fsp3) is 0.647. The second kappa shape index (κ2) is 10.5. The number of urea groups is 1. The van der Waals surface area contributed by atoms with Gasteiger partial charge in [-0.25, -0.2) is 4.79 Å². The summed E-state index contributed by atoms with van der Waals surface area (Å²) in [6.45, 7) is 7.92. The molecule has 0 aliphatic carbocycles. The van der Waals surface area contributed by atoms with Gasteiger partial charge in [-0.2, -0.15) is 0 Å². The summed E-state index contributed by atoms with van der Waals surface area (Å²) in [5.41, 5.74) is 5.01. The SMILES string of the molecule is C=C(NNC(=O)CCCCCC)[C@H]1C(=O)NC(=O)N(CCCC)C1=O. The Morgan fingerprint density at radius 1 is 1.08 bits per heavy atom. The number of hydrogen-bond acceptors (Lipinski definition) is 5. The molecule has 0 radical (unpaired) electrons. The highest BCUT2D eigenvalue weighted by atomic mass is 16.2. The fourth-order valence-corrected chi connectivity index (χ4v) is 2.45. The molecule has 1 atom stereocenters. The van der Waals surface area contributed by atoms with E-state index in [1.54, 1.807) is 0 Å². The Hall–Kier alpha value is -2.38. The first-order chi connectivity index (χ1) is 11.9. The summed E-state index contributed by atoms with van der Waals surface area (Å²) in [5, 5.41) is 2.15. The third-order valence-corrected chi connectivity index (χ3v) is 3.95. The minimum Gasteiger partial charge on any atom is -0.302 e. The number of nitrogens with zero attached hydrogens (tertiary/aromatic N) is 1. The van der Waals surface area contributed by atoms with E-state index in [4.69, 9.17) is 0 Å². The first-order valence-corrected chi connectivity index (χ1v) is 8.82. The van der Waals surface area contributed by atoms with Crippen LogP contribution in [0.2, 0.25) is 0 Å². The highest BCUT2D eigenvalue weighted by Crippen LogP contribution is 2.16. The van der Waals surface area contributed by atoms with Crippen molar-refractivity contribution in [3.63, 3.8) is 0 Å². The molecule has 8 heteroatoms. The minimum atomic E-state index is -1.24. The first kappa shape index (κ1) is 20.7. The molecule has 0 aromatic heterocycles. The predicted octanol–water partition coefficient (Wildman–Crippen LogP) is 1.59. The number of unbranched alkanes of at least 4 members (excludes halogenated alkanes) is 4. The minimum absolute atomic E-state index is 0.0402. The number of carbonyl (C=O) groups excluding carboxylic acids is 4. The number of imide groups is 2. The molecule has 140 valence electrons. The summed E-state index contributed by atoms with van der Waals surface area (Å²) in [6.07, 6.45) is 5.72. The number of carbonyl (C=O) groups is 4. The molecule has 1 saturated heterocycles. The van der Waals surface area contributed by atoms with Crippen LogP contribution in [0.25, 0.3) is 0 Å². The summed E-state index contributed by atoms with van der Waals surface area (Å²) in [4.78, 5) is 48.9. The van der Waals surface area contributed by atoms with Gasteiger partial charge in [0.25, 0.3) is 0 Å². The van der Waals surface area contributed by atoms with Crippen LogP contribution in [0.5, 0.6) is 0 Å². The topological polar surface area (TPSA) is 108 Å². The summed E-state index contributed by atoms with van der Waals surface area (Å²) in [5.74, 6) is -2.84. The van der Waals surface area contributed by atoms with Crippen LogP contribution in [0.15, 0.2) is 12.3 Å². The van der Waals surface area contributed by atoms with E-state index in [1.165, 1.54) is 0 Å². The third kappa shape index (κ3) is 6.21. The van der Waals surface area contributed by atoms with E-state index in [1.807, 2.05) is 6.92 Å². The molecule has 5 amide bonds. The van der Waals surface area contributed by atoms with Crippen molar-refractivity contribution in [2.75, 3.05) is 6.54 Å². The van der Waals surface area contributed by atoms with Gasteiger partial charge >= 0.3 is 6.03 Å². The van der Waals surface area contributed by atoms with Gasteiger partial charge in [-0.05, 0) is 12.8 Å². The van der Waals surface area contributed by atoms with Crippen LogP contribution in [-0.4, -0.2) is 35.2 Å². The normalized spacial score (nSPS) is 17.3. The zero-order valence-corrected chi connectivity index (χ0v) is 15.0. The van der Waals surface area contributed by atoms with Gasteiger partial charge in [-0.15, -0.1) is 0 Å². The zero-order chi connectivity index (χ0) is 18.8. The van der Waals surface area contributed by atoms with E-state index in [9.17, 15) is 19.2 Å². The molecule has 0 unspecified atom stereocenters. The maximum Gasteiger partial charge on any atom is 0.330 e. The van der Waals surface area contributed by atoms with Crippen molar-refractivity contribution < 1.29 is 19.2 Å². The van der Waals surface area contributed by atoms with Gasteiger partial charge in [-0.1, -0.05) is 46.1 Å². The molecule has 1 rings (SSSR count). The summed E-state index contributed by atoms with van der Waals surface area (Å²) in [6, 6.07) is -0.715. The van der Waals surface area contributed by atoms with Gasteiger partial charge in [0.1, 0.15) is 0 Å². The number of amides is 5. The van der Waals surface area contributed by atoms with Gasteiger partial charge in [0.2, 0.25) is 17.7 Å². The lowest BCUT2D eigenvalue weighted by Gasteiger charge is -2.31. The second-order valence-corrected chi connectivity index (χ2v) is 6.08. The molecule has 0 bridgehead atoms. The number of hydrogen-bond donors (Lipinski definition) is 3. The van der Waals surface area contributed by atoms with E-state index < -0.39 is 23.8 Å². The molecule has 0 saturated carbocycles. The highest BCUT2D eigenvalue weighted by Gasteiger charge is 2.41. The largest absolute Gasteiger partial charge is 0.330 e. The Kier molecular flexibility index (Phi) is 8.66. The molecular weight excluding hydrogens is 324 g/mol. The van der Waals surface area contributed by atoms with Crippen LogP contribution in [0, 0.1) is 5.92 Å². The fourth-order valence-electron chi connectivity index (χ4n) is 2.45. The number of rotatable bonds is 11. The van der Waals surface area contributed by atoms with Gasteiger partial charge in [0, 0.05) is 18.7 Å². The number of hydrazine groups is 1. The van der Waals surface area contributed by atoms with E-state index in [2.05, 4.69) is 29.7 Å². The predicted molar refractivity (Wildman–Crippen MR) is 92.8 cm³/mol. The van der Waals surface area contributed by atoms with Crippen LogP contribution in [0.1, 0.15) is 58.8 Å². The molecule has 0 spiro atoms. The summed E-state index contributed by atoms with van der Waals surface area (Å²) >= 11 is 0. The van der Waals surface area contributed by atoms with Crippen molar-refractivity contribution in [2.45, 2.75) is 58.8 Å². The van der Waals surface area contributed by atoms with E-state index in [-0.39, 0.29) is 18.1 Å². The quantitative estimate of drug-likeness (QED) is 0.297. The highest BCUT2D eigenvalue weighted by molar-refractivity contribution is 6.17. The number of barbiturate groups is 1. The van der Waals surface area contributed by atoms with Gasteiger partial charge in [0.05, 0.1) is 0 Å². The summed E-state index contributed by atoms with van der Waals surface area (Å²) < 4.78 is 0. The van der Waals surface area contributed by atoms with Crippen LogP contribution in [0.4, 0.5) is 4.79 Å². The van der Waals surface area contributed by atoms with Crippen molar-refractivity contribution in [1.29, 1.82) is 0 Å².